The van der Waals surface area contributed by atoms with Gasteiger partial charge in [-0.3, -0.25) is 0 Å². The summed E-state index contributed by atoms with van der Waals surface area (Å²) in [7, 11) is 0. The number of hydrogen-bond donors (Lipinski definition) is 2. The van der Waals surface area contributed by atoms with E-state index in [9.17, 15) is 0 Å². The fraction of sp³-hybridized carbons (Fsp3) is 0.407. The SMILES string of the molecule is C1=CC2(CCNCC2)c2ccccc21.C[C@H]1CNCC[C@@]12C=Cc1ccccc12.[Y].[Y].[Y]. The Bertz CT molecular complexity index is 949. The Morgan fingerprint density at radius 1 is 0.688 bits per heavy atom. The largest absolute Gasteiger partial charge is 0.317 e. The van der Waals surface area contributed by atoms with E-state index in [4.69, 9.17) is 0 Å². The number of piperidine rings is 2. The van der Waals surface area contributed by atoms with Crippen molar-refractivity contribution in [2.24, 2.45) is 5.92 Å². The summed E-state index contributed by atoms with van der Waals surface area (Å²) in [6, 6.07) is 17.6. The Morgan fingerprint density at radius 3 is 1.94 bits per heavy atom. The first-order valence-corrected chi connectivity index (χ1v) is 11.2. The summed E-state index contributed by atoms with van der Waals surface area (Å²) in [6.45, 7) is 6.94. The van der Waals surface area contributed by atoms with E-state index in [0.717, 1.165) is 26.2 Å². The summed E-state index contributed by atoms with van der Waals surface area (Å²) < 4.78 is 0. The van der Waals surface area contributed by atoms with E-state index in [0.29, 0.717) is 16.7 Å². The first-order valence-electron chi connectivity index (χ1n) is 11.2. The molecule has 2 spiro atoms. The average molecular weight is 651 g/mol. The van der Waals surface area contributed by atoms with Crippen molar-refractivity contribution in [3.8, 4) is 0 Å². The summed E-state index contributed by atoms with van der Waals surface area (Å²) in [6.07, 6.45) is 13.2. The molecular formula is C27H32N2Y3. The van der Waals surface area contributed by atoms with Gasteiger partial charge in [0, 0.05) is 109 Å². The van der Waals surface area contributed by atoms with E-state index in [2.05, 4.69) is 90.4 Å². The molecule has 0 saturated carbocycles. The fourth-order valence-corrected chi connectivity index (χ4v) is 5.83. The second kappa shape index (κ2) is 12.9. The zero-order valence-corrected chi connectivity index (χ0v) is 27.7. The summed E-state index contributed by atoms with van der Waals surface area (Å²) in [4.78, 5) is 0. The normalized spacial score (nSPS) is 25.5. The molecule has 4 aliphatic rings. The van der Waals surface area contributed by atoms with Gasteiger partial charge in [-0.1, -0.05) is 79.8 Å². The number of nitrogens with one attached hydrogen (secondary N) is 2. The Hall–Kier alpha value is 1.15. The van der Waals surface area contributed by atoms with Crippen molar-refractivity contribution in [1.29, 1.82) is 0 Å². The van der Waals surface area contributed by atoms with Crippen molar-refractivity contribution < 1.29 is 98.1 Å². The summed E-state index contributed by atoms with van der Waals surface area (Å²) in [5, 5.41) is 6.92. The average Bonchev–Trinajstić information content (AvgIpc) is 3.32. The van der Waals surface area contributed by atoms with E-state index in [1.54, 1.807) is 11.1 Å². The molecule has 2 saturated heterocycles. The smallest absolute Gasteiger partial charge is 0.0191 e. The van der Waals surface area contributed by atoms with Crippen molar-refractivity contribution in [3.05, 3.63) is 82.9 Å². The minimum atomic E-state index is 0. The third kappa shape index (κ3) is 5.59. The number of allylic oxidation sites excluding steroid dienone is 2. The molecule has 0 aromatic heterocycles. The molecule has 0 bridgehead atoms. The zero-order chi connectivity index (χ0) is 19.7. The zero-order valence-electron chi connectivity index (χ0n) is 19.2. The van der Waals surface area contributed by atoms with E-state index in [-0.39, 0.29) is 98.1 Å². The molecule has 2 heterocycles. The molecule has 3 radical (unpaired) electrons. The van der Waals surface area contributed by atoms with Crippen LogP contribution in [0.2, 0.25) is 0 Å². The minimum absolute atomic E-state index is 0. The number of benzene rings is 2. The Labute approximate surface area is 269 Å². The maximum Gasteiger partial charge on any atom is 0.0191 e. The Balaban J connectivity index is 0.000000208. The first-order chi connectivity index (χ1) is 14.2. The Kier molecular flexibility index (Phi) is 11.9. The second-order valence-electron chi connectivity index (χ2n) is 9.14. The van der Waals surface area contributed by atoms with Crippen LogP contribution in [0.15, 0.2) is 60.7 Å². The molecule has 2 aliphatic carbocycles. The van der Waals surface area contributed by atoms with Crippen molar-refractivity contribution in [2.75, 3.05) is 26.2 Å². The second-order valence-corrected chi connectivity index (χ2v) is 9.14. The molecule has 2 aliphatic heterocycles. The van der Waals surface area contributed by atoms with Crippen LogP contribution in [0.25, 0.3) is 12.2 Å². The van der Waals surface area contributed by atoms with Gasteiger partial charge in [0.05, 0.1) is 0 Å². The van der Waals surface area contributed by atoms with Gasteiger partial charge in [0.15, 0.2) is 0 Å². The predicted molar refractivity (Wildman–Crippen MR) is 123 cm³/mol. The van der Waals surface area contributed by atoms with Crippen LogP contribution in [0.3, 0.4) is 0 Å². The molecular weight excluding hydrogens is 619 g/mol. The molecule has 2 N–H and O–H groups in total. The van der Waals surface area contributed by atoms with Crippen LogP contribution in [0.5, 0.6) is 0 Å². The van der Waals surface area contributed by atoms with E-state index < -0.39 is 0 Å². The van der Waals surface area contributed by atoms with Gasteiger partial charge in [-0.15, -0.1) is 0 Å². The summed E-state index contributed by atoms with van der Waals surface area (Å²) in [5.41, 5.74) is 6.62. The quantitative estimate of drug-likeness (QED) is 0.424. The topological polar surface area (TPSA) is 24.1 Å². The van der Waals surface area contributed by atoms with Crippen molar-refractivity contribution >= 4 is 12.2 Å². The fourth-order valence-electron chi connectivity index (χ4n) is 5.83. The van der Waals surface area contributed by atoms with E-state index in [1.807, 2.05) is 0 Å². The molecule has 0 unspecified atom stereocenters. The number of rotatable bonds is 0. The summed E-state index contributed by atoms with van der Waals surface area (Å²) in [5.74, 6) is 0.700. The molecule has 2 aromatic carbocycles. The Morgan fingerprint density at radius 2 is 1.25 bits per heavy atom. The first kappa shape index (κ1) is 29.4. The molecule has 5 heteroatoms. The molecule has 0 amide bonds. The predicted octanol–water partition coefficient (Wildman–Crippen LogP) is 4.91. The van der Waals surface area contributed by atoms with Gasteiger partial charge in [0.2, 0.25) is 0 Å². The summed E-state index contributed by atoms with van der Waals surface area (Å²) >= 11 is 0. The maximum absolute atomic E-state index is 3.48. The van der Waals surface area contributed by atoms with Crippen molar-refractivity contribution in [1.82, 2.24) is 10.6 Å². The van der Waals surface area contributed by atoms with Crippen LogP contribution < -0.4 is 10.6 Å². The van der Waals surface area contributed by atoms with Crippen LogP contribution in [0.4, 0.5) is 0 Å². The van der Waals surface area contributed by atoms with Gasteiger partial charge in [-0.05, 0) is 73.6 Å². The number of fused-ring (bicyclic) bond motifs is 4. The van der Waals surface area contributed by atoms with Crippen LogP contribution >= 0.6 is 0 Å². The molecule has 2 atom stereocenters. The molecule has 6 rings (SSSR count). The van der Waals surface area contributed by atoms with Crippen LogP contribution in [-0.4, -0.2) is 26.2 Å². The van der Waals surface area contributed by atoms with Crippen molar-refractivity contribution in [2.45, 2.75) is 37.0 Å². The number of hydrogen-bond acceptors (Lipinski definition) is 2. The van der Waals surface area contributed by atoms with Gasteiger partial charge in [0.25, 0.3) is 0 Å². The van der Waals surface area contributed by atoms with Gasteiger partial charge in [0.1, 0.15) is 0 Å². The molecule has 159 valence electrons. The van der Waals surface area contributed by atoms with E-state index in [1.165, 1.54) is 30.4 Å². The molecule has 32 heavy (non-hydrogen) atoms. The molecule has 2 nitrogen and oxygen atoms in total. The van der Waals surface area contributed by atoms with Crippen molar-refractivity contribution in [3.63, 3.8) is 0 Å². The standard InChI is InChI=1S/C14H17N.C13H15N.3Y/c1-11-10-15-9-8-14(11)7-6-12-4-2-3-5-13(12)14;1-2-4-12-11(3-1)5-6-13(12)7-9-14-10-8-13;;;/h2-7,11,15H,8-10H2,1H3;1-6,14H,7-10H2;;;/t11-,14-;;;;/m0..../s1. The van der Waals surface area contributed by atoms with Crippen LogP contribution in [0.1, 0.15) is 48.4 Å². The monoisotopic (exact) mass is 651 g/mol. The molecule has 2 aromatic rings. The van der Waals surface area contributed by atoms with Crippen LogP contribution in [-0.2, 0) is 109 Å². The van der Waals surface area contributed by atoms with Gasteiger partial charge in [-0.25, -0.2) is 0 Å². The van der Waals surface area contributed by atoms with Gasteiger partial charge in [-0.2, -0.15) is 0 Å². The maximum atomic E-state index is 3.48. The molecule has 2 fully saturated rings. The van der Waals surface area contributed by atoms with E-state index >= 15 is 0 Å². The van der Waals surface area contributed by atoms with Gasteiger partial charge < -0.3 is 10.6 Å². The third-order valence-corrected chi connectivity index (χ3v) is 7.64. The minimum Gasteiger partial charge on any atom is -0.317 e. The third-order valence-electron chi connectivity index (χ3n) is 7.64. The van der Waals surface area contributed by atoms with Crippen LogP contribution in [0, 0.1) is 5.92 Å². The van der Waals surface area contributed by atoms with Gasteiger partial charge >= 0.3 is 0 Å².